The van der Waals surface area contributed by atoms with E-state index < -0.39 is 24.2 Å². The number of anilines is 1. The van der Waals surface area contributed by atoms with Gasteiger partial charge in [0.25, 0.3) is 5.91 Å². The number of aliphatic hydroxyl groups is 2. The van der Waals surface area contributed by atoms with Crippen molar-refractivity contribution in [2.24, 2.45) is 29.1 Å². The van der Waals surface area contributed by atoms with Gasteiger partial charge in [0.1, 0.15) is 17.9 Å². The summed E-state index contributed by atoms with van der Waals surface area (Å²) in [6, 6.07) is 10.8. The molecule has 1 saturated heterocycles. The Morgan fingerprint density at radius 2 is 1.87 bits per heavy atom. The summed E-state index contributed by atoms with van der Waals surface area (Å²) in [6.45, 7) is 8.41. The van der Waals surface area contributed by atoms with Gasteiger partial charge in [-0.3, -0.25) is 14.4 Å². The Bertz CT molecular complexity index is 1440. The van der Waals surface area contributed by atoms with Gasteiger partial charge >= 0.3 is 0 Å². The number of hydrogen-bond donors (Lipinski definition) is 3. The molecule has 1 aliphatic heterocycles. The van der Waals surface area contributed by atoms with Crippen LogP contribution in [0.15, 0.2) is 36.4 Å². The molecule has 4 aliphatic rings. The fourth-order valence-electron chi connectivity index (χ4n) is 8.24. The zero-order valence-corrected chi connectivity index (χ0v) is 28.8. The molecule has 4 fully saturated rings. The van der Waals surface area contributed by atoms with E-state index in [1.165, 1.54) is 6.42 Å². The van der Waals surface area contributed by atoms with Gasteiger partial charge < -0.3 is 30.1 Å². The molecular weight excluding hydrogens is 584 g/mol. The van der Waals surface area contributed by atoms with Gasteiger partial charge in [0.2, 0.25) is 5.91 Å². The molecule has 2 bridgehead atoms. The number of aliphatic hydroxyl groups excluding tert-OH is 2. The lowest BCUT2D eigenvalue weighted by Gasteiger charge is -2.62. The van der Waals surface area contributed by atoms with Crippen LogP contribution in [0.1, 0.15) is 56.5 Å². The molecule has 10 nitrogen and oxygen atoms in total. The molecule has 252 valence electrons. The SMILES string of the molecule is COc1c(CN2O[C@@H](CO)[C@H]([C@H](C)O)[C@H]2C(=O)N[C@H]2C[C@H]3C[C@H]([C@@H]2C)C3(C)C)cccc1-c1cc(C(=O)N(C)C)cc(N(C)C)c1. The maximum Gasteiger partial charge on any atom is 0.253 e. The summed E-state index contributed by atoms with van der Waals surface area (Å²) in [7, 11) is 8.92. The summed E-state index contributed by atoms with van der Waals surface area (Å²) in [5.74, 6) is 1.16. The number of benzene rings is 2. The van der Waals surface area contributed by atoms with Crippen LogP contribution in [-0.4, -0.2) is 98.2 Å². The van der Waals surface area contributed by atoms with Crippen LogP contribution in [-0.2, 0) is 16.2 Å². The normalized spacial score (nSPS) is 29.1. The quantitative estimate of drug-likeness (QED) is 0.361. The van der Waals surface area contributed by atoms with Crippen molar-refractivity contribution in [3.63, 3.8) is 0 Å². The third-order valence-corrected chi connectivity index (χ3v) is 11.1. The van der Waals surface area contributed by atoms with Gasteiger partial charge in [0.15, 0.2) is 0 Å². The fraction of sp³-hybridized carbons (Fsp3) is 0.611. The van der Waals surface area contributed by atoms with Gasteiger partial charge in [-0.25, -0.2) is 0 Å². The Labute approximate surface area is 273 Å². The number of rotatable bonds is 10. The molecular formula is C36H52N4O6. The highest BCUT2D eigenvalue weighted by Crippen LogP contribution is 2.61. The monoisotopic (exact) mass is 636 g/mol. The number of fused-ring (bicyclic) bond motifs is 2. The second-order valence-electron chi connectivity index (χ2n) is 14.6. The molecule has 46 heavy (non-hydrogen) atoms. The molecule has 6 rings (SSSR count). The van der Waals surface area contributed by atoms with Gasteiger partial charge in [-0.2, -0.15) is 5.06 Å². The minimum absolute atomic E-state index is 0.0508. The first kappa shape index (κ1) is 34.2. The molecule has 3 saturated carbocycles. The summed E-state index contributed by atoms with van der Waals surface area (Å²) in [5, 5.41) is 26.0. The maximum atomic E-state index is 14.1. The Kier molecular flexibility index (Phi) is 9.76. The molecule has 2 aromatic carbocycles. The summed E-state index contributed by atoms with van der Waals surface area (Å²) >= 11 is 0. The van der Waals surface area contributed by atoms with Gasteiger partial charge in [0, 0.05) is 62.5 Å². The first-order chi connectivity index (χ1) is 21.7. The first-order valence-electron chi connectivity index (χ1n) is 16.4. The zero-order valence-electron chi connectivity index (χ0n) is 28.8. The highest BCUT2D eigenvalue weighted by atomic mass is 16.7. The average molecular weight is 637 g/mol. The van der Waals surface area contributed by atoms with Crippen molar-refractivity contribution >= 4 is 17.5 Å². The van der Waals surface area contributed by atoms with Crippen LogP contribution in [0.3, 0.4) is 0 Å². The second-order valence-corrected chi connectivity index (χ2v) is 14.6. The third kappa shape index (κ3) is 6.12. The van der Waals surface area contributed by atoms with Gasteiger partial charge in [-0.1, -0.05) is 39.0 Å². The number of carbonyl (C=O) groups is 2. The van der Waals surface area contributed by atoms with Crippen LogP contribution < -0.4 is 15.0 Å². The number of carbonyl (C=O) groups excluding carboxylic acids is 2. The molecule has 8 atom stereocenters. The number of hydrogen-bond acceptors (Lipinski definition) is 8. The van der Waals surface area contributed by atoms with E-state index in [-0.39, 0.29) is 31.0 Å². The van der Waals surface area contributed by atoms with Crippen molar-refractivity contribution in [3.8, 4) is 16.9 Å². The molecule has 10 heteroatoms. The van der Waals surface area contributed by atoms with Gasteiger partial charge in [0.05, 0.1) is 26.4 Å². The Balaban J connectivity index is 1.47. The lowest BCUT2D eigenvalue weighted by molar-refractivity contribution is -0.183. The lowest BCUT2D eigenvalue weighted by atomic mass is 9.45. The second kappa shape index (κ2) is 13.1. The molecule has 3 aliphatic carbocycles. The van der Waals surface area contributed by atoms with Gasteiger partial charge in [-0.05, 0) is 66.7 Å². The number of amides is 2. The molecule has 2 amide bonds. The largest absolute Gasteiger partial charge is 0.496 e. The van der Waals surface area contributed by atoms with E-state index >= 15 is 0 Å². The lowest BCUT2D eigenvalue weighted by Crippen LogP contribution is -2.62. The van der Waals surface area contributed by atoms with Crippen molar-refractivity contribution < 1.29 is 29.4 Å². The predicted molar refractivity (Wildman–Crippen MR) is 178 cm³/mol. The van der Waals surface area contributed by atoms with Crippen LogP contribution in [0.4, 0.5) is 5.69 Å². The predicted octanol–water partition coefficient (Wildman–Crippen LogP) is 3.79. The van der Waals surface area contributed by atoms with Gasteiger partial charge in [-0.15, -0.1) is 0 Å². The third-order valence-electron chi connectivity index (χ3n) is 11.1. The summed E-state index contributed by atoms with van der Waals surface area (Å²) in [5.41, 5.74) is 4.10. The number of ether oxygens (including phenoxy) is 1. The number of hydroxylamine groups is 2. The van der Waals surface area contributed by atoms with Crippen LogP contribution in [0.25, 0.3) is 11.1 Å². The maximum absolute atomic E-state index is 14.1. The highest BCUT2D eigenvalue weighted by Gasteiger charge is 2.57. The molecule has 0 aromatic heterocycles. The average Bonchev–Trinajstić information content (AvgIpc) is 3.39. The van der Waals surface area contributed by atoms with Crippen molar-refractivity contribution in [1.82, 2.24) is 15.3 Å². The fourth-order valence-corrected chi connectivity index (χ4v) is 8.24. The Morgan fingerprint density at radius 3 is 2.43 bits per heavy atom. The van der Waals surface area contributed by atoms with Crippen molar-refractivity contribution in [2.75, 3.05) is 46.8 Å². The molecule has 2 aromatic rings. The van der Waals surface area contributed by atoms with Crippen LogP contribution in [0.2, 0.25) is 0 Å². The molecule has 0 spiro atoms. The van der Waals surface area contributed by atoms with E-state index in [0.29, 0.717) is 34.5 Å². The molecule has 0 radical (unpaired) electrons. The summed E-state index contributed by atoms with van der Waals surface area (Å²) in [6.07, 6.45) is 0.522. The number of nitrogens with one attached hydrogen (secondary N) is 1. The first-order valence-corrected chi connectivity index (χ1v) is 16.4. The standard InChI is InChI=1S/C36H52N4O6/c1-20-28-16-25(36(28,3)4)17-29(20)37-34(43)32-31(21(2)42)30(19-41)46-40(32)18-22-11-10-12-27(33(22)45-9)23-13-24(35(44)39(7)8)15-26(14-23)38(5)6/h10-15,20-21,25,28-32,41-42H,16-19H2,1-9H3,(H,37,43)/t20-,21-,25+,28+,29-,30-,31-,32-/m0/s1. The number of para-hydroxylation sites is 1. The highest BCUT2D eigenvalue weighted by molar-refractivity contribution is 5.97. The Hall–Kier alpha value is -3.18. The minimum Gasteiger partial charge on any atom is -0.496 e. The van der Waals surface area contributed by atoms with E-state index in [4.69, 9.17) is 9.57 Å². The zero-order chi connectivity index (χ0) is 33.7. The van der Waals surface area contributed by atoms with Crippen LogP contribution in [0.5, 0.6) is 5.75 Å². The van der Waals surface area contributed by atoms with E-state index in [2.05, 4.69) is 26.1 Å². The summed E-state index contributed by atoms with van der Waals surface area (Å²) < 4.78 is 5.99. The number of methoxy groups -OCH3 is 1. The van der Waals surface area contributed by atoms with E-state index in [1.807, 2.05) is 55.4 Å². The summed E-state index contributed by atoms with van der Waals surface area (Å²) in [4.78, 5) is 36.8. The topological polar surface area (TPSA) is 115 Å². The molecule has 0 unspecified atom stereocenters. The van der Waals surface area contributed by atoms with Crippen molar-refractivity contribution in [2.45, 2.75) is 71.4 Å². The van der Waals surface area contributed by atoms with Crippen LogP contribution >= 0.6 is 0 Å². The molecule has 3 N–H and O–H groups in total. The molecule has 1 heterocycles. The minimum atomic E-state index is -0.885. The van der Waals surface area contributed by atoms with Crippen molar-refractivity contribution in [3.05, 3.63) is 47.5 Å². The van der Waals surface area contributed by atoms with E-state index in [0.717, 1.165) is 28.8 Å². The van der Waals surface area contributed by atoms with Crippen molar-refractivity contribution in [1.29, 1.82) is 0 Å². The van der Waals surface area contributed by atoms with E-state index in [9.17, 15) is 19.8 Å². The van der Waals surface area contributed by atoms with Crippen LogP contribution in [0, 0.1) is 29.1 Å². The Morgan fingerprint density at radius 1 is 1.15 bits per heavy atom. The smallest absolute Gasteiger partial charge is 0.253 e. The van der Waals surface area contributed by atoms with E-state index in [1.54, 1.807) is 38.1 Å². The number of nitrogens with zero attached hydrogens (tertiary/aromatic N) is 3.